The third-order valence-electron chi connectivity index (χ3n) is 6.80. The summed E-state index contributed by atoms with van der Waals surface area (Å²) in [5.41, 5.74) is 3.29. The highest BCUT2D eigenvalue weighted by Gasteiger charge is 2.25. The summed E-state index contributed by atoms with van der Waals surface area (Å²) in [5.74, 6) is -0.00933. The number of aryl methyl sites for hydroxylation is 1. The quantitative estimate of drug-likeness (QED) is 0.0828. The molecule has 0 atom stereocenters. The summed E-state index contributed by atoms with van der Waals surface area (Å²) in [5, 5.41) is 18.0. The van der Waals surface area contributed by atoms with Crippen molar-refractivity contribution in [3.63, 3.8) is 0 Å². The molecule has 0 amide bonds. The maximum Gasteiger partial charge on any atom is 0.389 e. The number of benzene rings is 3. The fourth-order valence-corrected chi connectivity index (χ4v) is 4.19. The van der Waals surface area contributed by atoms with E-state index in [2.05, 4.69) is 13.2 Å². The lowest BCUT2D eigenvalue weighted by Gasteiger charge is -2.14. The molecule has 0 saturated carbocycles. The highest BCUT2D eigenvalue weighted by atomic mass is 19.4. The Labute approximate surface area is 277 Å². The minimum Gasteiger partial charge on any atom is -0.490 e. The normalized spacial score (nSPS) is 11.0. The van der Waals surface area contributed by atoms with Crippen molar-refractivity contribution in [1.82, 2.24) is 0 Å². The molecule has 0 aliphatic heterocycles. The number of aliphatic hydroxyl groups is 2. The van der Waals surface area contributed by atoms with Gasteiger partial charge in [-0.1, -0.05) is 49.6 Å². The summed E-state index contributed by atoms with van der Waals surface area (Å²) in [7, 11) is 0. The molecular formula is C36H39F3O9. The van der Waals surface area contributed by atoms with Crippen molar-refractivity contribution in [2.45, 2.75) is 38.5 Å². The smallest absolute Gasteiger partial charge is 0.389 e. The maximum absolute atomic E-state index is 12.3. The van der Waals surface area contributed by atoms with Crippen LogP contribution < -0.4 is 14.2 Å². The second kappa shape index (κ2) is 19.1. The van der Waals surface area contributed by atoms with Gasteiger partial charge in [0, 0.05) is 12.5 Å². The number of halogens is 3. The van der Waals surface area contributed by atoms with E-state index in [1.807, 2.05) is 36.4 Å². The van der Waals surface area contributed by atoms with E-state index in [1.165, 1.54) is 0 Å². The molecular weight excluding hydrogens is 633 g/mol. The van der Waals surface area contributed by atoms with Crippen LogP contribution in [0, 0.1) is 0 Å². The van der Waals surface area contributed by atoms with Crippen molar-refractivity contribution in [2.75, 3.05) is 39.6 Å². The second-order valence-electron chi connectivity index (χ2n) is 10.6. The molecule has 48 heavy (non-hydrogen) atoms. The largest absolute Gasteiger partial charge is 0.490 e. The number of hydrogen-bond acceptors (Lipinski definition) is 9. The number of alkyl halides is 3. The van der Waals surface area contributed by atoms with Gasteiger partial charge < -0.3 is 33.9 Å². The molecule has 0 spiro atoms. The van der Waals surface area contributed by atoms with Crippen LogP contribution in [0.1, 0.15) is 30.4 Å². The lowest BCUT2D eigenvalue weighted by molar-refractivity contribution is -0.141. The van der Waals surface area contributed by atoms with Crippen LogP contribution in [0.15, 0.2) is 91.0 Å². The molecule has 0 saturated heterocycles. The van der Waals surface area contributed by atoms with Gasteiger partial charge in [-0.2, -0.15) is 13.2 Å². The number of aliphatic hydroxyl groups excluding tert-OH is 2. The summed E-state index contributed by atoms with van der Waals surface area (Å²) in [6.07, 6.45) is -3.73. The molecule has 12 heteroatoms. The van der Waals surface area contributed by atoms with Crippen LogP contribution in [0.3, 0.4) is 0 Å². The number of carbonyl (C=O) groups is 2. The minimum absolute atomic E-state index is 0.0139. The van der Waals surface area contributed by atoms with Crippen molar-refractivity contribution in [3.05, 3.63) is 102 Å². The summed E-state index contributed by atoms with van der Waals surface area (Å²) in [6.45, 7) is 5.97. The van der Waals surface area contributed by atoms with Crippen molar-refractivity contribution in [1.29, 1.82) is 0 Å². The van der Waals surface area contributed by atoms with Crippen molar-refractivity contribution in [2.24, 2.45) is 0 Å². The maximum atomic E-state index is 12.3. The van der Waals surface area contributed by atoms with Gasteiger partial charge in [0.1, 0.15) is 50.3 Å². The Kier molecular flexibility index (Phi) is 15.0. The lowest BCUT2D eigenvalue weighted by atomic mass is 10.0. The van der Waals surface area contributed by atoms with Gasteiger partial charge in [-0.15, -0.1) is 0 Å². The Balaban J connectivity index is 1.60. The molecule has 2 N–H and O–H groups in total. The third-order valence-corrected chi connectivity index (χ3v) is 6.80. The summed E-state index contributed by atoms with van der Waals surface area (Å²) < 4.78 is 64.5. The molecule has 0 aliphatic carbocycles. The van der Waals surface area contributed by atoms with Crippen LogP contribution in [0.4, 0.5) is 13.2 Å². The van der Waals surface area contributed by atoms with Crippen LogP contribution in [0.2, 0.25) is 0 Å². The molecule has 0 radical (unpaired) electrons. The fraction of sp³-hybridized carbons (Fsp3) is 0.333. The Hall–Kier alpha value is -4.81. The van der Waals surface area contributed by atoms with Gasteiger partial charge in [0.15, 0.2) is 0 Å². The number of carbonyl (C=O) groups excluding carboxylic acids is 2. The molecule has 0 unspecified atom stereocenters. The van der Waals surface area contributed by atoms with Crippen LogP contribution >= 0.6 is 0 Å². The van der Waals surface area contributed by atoms with Gasteiger partial charge in [-0.25, -0.2) is 9.59 Å². The highest BCUT2D eigenvalue weighted by molar-refractivity contribution is 5.88. The van der Waals surface area contributed by atoms with E-state index in [-0.39, 0.29) is 44.0 Å². The Morgan fingerprint density at radius 1 is 0.625 bits per heavy atom. The van der Waals surface area contributed by atoms with Gasteiger partial charge in [-0.3, -0.25) is 0 Å². The molecule has 0 heterocycles. The third kappa shape index (κ3) is 13.5. The molecule has 3 rings (SSSR count). The number of rotatable bonds is 20. The number of ether oxygens (including phenoxy) is 5. The first-order valence-electron chi connectivity index (χ1n) is 15.2. The monoisotopic (exact) mass is 672 g/mol. The second-order valence-corrected chi connectivity index (χ2v) is 10.6. The zero-order valence-corrected chi connectivity index (χ0v) is 26.4. The van der Waals surface area contributed by atoms with E-state index in [9.17, 15) is 22.8 Å². The van der Waals surface area contributed by atoms with Gasteiger partial charge in [0.05, 0.1) is 24.4 Å². The molecule has 3 aromatic carbocycles. The SMILES string of the molecule is C=C(CO)C(=O)OCCOc1cc(OCCOC(=O)C(=C)CO)cc(-c2ccc(OCc3ccc(CCCCC(F)(F)F)cc3)cc2)c1. The first-order chi connectivity index (χ1) is 23.0. The average molecular weight is 673 g/mol. The van der Waals surface area contributed by atoms with Crippen LogP contribution in [0.25, 0.3) is 11.1 Å². The average Bonchev–Trinajstić information content (AvgIpc) is 3.08. The van der Waals surface area contributed by atoms with Crippen molar-refractivity contribution in [3.8, 4) is 28.4 Å². The van der Waals surface area contributed by atoms with E-state index in [1.54, 1.807) is 30.3 Å². The Morgan fingerprint density at radius 2 is 1.15 bits per heavy atom. The van der Waals surface area contributed by atoms with E-state index < -0.39 is 37.7 Å². The first kappa shape index (κ1) is 37.6. The predicted molar refractivity (Wildman–Crippen MR) is 172 cm³/mol. The topological polar surface area (TPSA) is 121 Å². The van der Waals surface area contributed by atoms with Gasteiger partial charge in [-0.05, 0) is 65.8 Å². The van der Waals surface area contributed by atoms with E-state index in [0.29, 0.717) is 36.7 Å². The molecule has 0 bridgehead atoms. The van der Waals surface area contributed by atoms with Crippen molar-refractivity contribution < 1.29 is 56.7 Å². The summed E-state index contributed by atoms with van der Waals surface area (Å²) in [6, 6.07) is 20.1. The molecule has 9 nitrogen and oxygen atoms in total. The van der Waals surface area contributed by atoms with E-state index in [4.69, 9.17) is 33.9 Å². The summed E-state index contributed by atoms with van der Waals surface area (Å²) in [4.78, 5) is 23.4. The van der Waals surface area contributed by atoms with E-state index >= 15 is 0 Å². The van der Waals surface area contributed by atoms with Gasteiger partial charge in [0.25, 0.3) is 0 Å². The fourth-order valence-electron chi connectivity index (χ4n) is 4.19. The predicted octanol–water partition coefficient (Wildman–Crippen LogP) is 6.15. The first-order valence-corrected chi connectivity index (χ1v) is 15.2. The highest BCUT2D eigenvalue weighted by Crippen LogP contribution is 2.31. The number of unbranched alkanes of at least 4 members (excludes halogenated alkanes) is 1. The number of esters is 2. The van der Waals surface area contributed by atoms with Crippen LogP contribution in [0.5, 0.6) is 17.2 Å². The van der Waals surface area contributed by atoms with Crippen LogP contribution in [-0.4, -0.2) is 68.0 Å². The molecule has 0 fully saturated rings. The zero-order valence-electron chi connectivity index (χ0n) is 26.4. The van der Waals surface area contributed by atoms with Crippen molar-refractivity contribution >= 4 is 11.9 Å². The van der Waals surface area contributed by atoms with Crippen LogP contribution in [-0.2, 0) is 32.1 Å². The van der Waals surface area contributed by atoms with Gasteiger partial charge >= 0.3 is 18.1 Å². The minimum atomic E-state index is -4.12. The molecule has 258 valence electrons. The molecule has 3 aromatic rings. The Morgan fingerprint density at radius 3 is 1.65 bits per heavy atom. The van der Waals surface area contributed by atoms with Gasteiger partial charge in [0.2, 0.25) is 0 Å². The lowest BCUT2D eigenvalue weighted by Crippen LogP contribution is -2.15. The standard InChI is InChI=1S/C36H39F3O9/c1-25(22-40)34(42)46-17-15-44-32-19-30(20-33(21-32)45-16-18-47-35(43)26(2)23-41)29-10-12-31(13-11-29)48-24-28-8-6-27(7-9-28)5-3-4-14-36(37,38)39/h6-13,19-21,40-41H,1-5,14-18,22-24H2. The van der Waals surface area contributed by atoms with E-state index in [0.717, 1.165) is 22.3 Å². The molecule has 0 aliphatic rings. The molecule has 0 aromatic heterocycles. The Bertz CT molecular complexity index is 1450. The summed E-state index contributed by atoms with van der Waals surface area (Å²) >= 11 is 0. The zero-order chi connectivity index (χ0) is 34.9. The number of hydrogen-bond donors (Lipinski definition) is 2.